The maximum atomic E-state index is 6.07. The zero-order valence-electron chi connectivity index (χ0n) is 9.05. The highest BCUT2D eigenvalue weighted by atomic mass is 35.5. The van der Waals surface area contributed by atoms with Crippen LogP contribution in [0.3, 0.4) is 0 Å². The van der Waals surface area contributed by atoms with E-state index in [-0.39, 0.29) is 5.92 Å². The molecule has 0 saturated heterocycles. The molecule has 2 aromatic rings. The van der Waals surface area contributed by atoms with E-state index in [9.17, 15) is 0 Å². The Labute approximate surface area is 98.8 Å². The van der Waals surface area contributed by atoms with Gasteiger partial charge in [0, 0.05) is 18.0 Å². The first kappa shape index (κ1) is 11.0. The van der Waals surface area contributed by atoms with Gasteiger partial charge in [0.2, 0.25) is 0 Å². The zero-order valence-corrected chi connectivity index (χ0v) is 9.81. The Morgan fingerprint density at radius 1 is 1.12 bits per heavy atom. The van der Waals surface area contributed by atoms with Gasteiger partial charge in [-0.2, -0.15) is 0 Å². The van der Waals surface area contributed by atoms with Crippen molar-refractivity contribution in [3.05, 3.63) is 35.6 Å². The minimum atomic E-state index is 0.241. The van der Waals surface area contributed by atoms with E-state index in [4.69, 9.17) is 11.6 Å². The predicted molar refractivity (Wildman–Crippen MR) is 62.2 cm³/mol. The molecule has 0 saturated carbocycles. The van der Waals surface area contributed by atoms with Crippen molar-refractivity contribution in [2.75, 3.05) is 0 Å². The highest BCUT2D eigenvalue weighted by molar-refractivity contribution is 6.30. The van der Waals surface area contributed by atoms with Crippen molar-refractivity contribution in [1.82, 2.24) is 19.9 Å². The van der Waals surface area contributed by atoms with Crippen LogP contribution in [0, 0.1) is 0 Å². The third-order valence-electron chi connectivity index (χ3n) is 2.22. The lowest BCUT2D eigenvalue weighted by molar-refractivity contribution is 0.847. The second-order valence-corrected chi connectivity index (χ2v) is 4.03. The number of halogens is 1. The van der Waals surface area contributed by atoms with Crippen LogP contribution in [0.4, 0.5) is 0 Å². The summed E-state index contributed by atoms with van der Waals surface area (Å²) in [4.78, 5) is 16.5. The molecule has 0 N–H and O–H groups in total. The maximum absolute atomic E-state index is 6.07. The molecular weight excluding hydrogens is 224 g/mol. The van der Waals surface area contributed by atoms with Gasteiger partial charge in [0.05, 0.1) is 11.9 Å². The van der Waals surface area contributed by atoms with Gasteiger partial charge in [-0.15, -0.1) is 0 Å². The van der Waals surface area contributed by atoms with Gasteiger partial charge in [-0.05, 0) is 5.92 Å². The first-order chi connectivity index (χ1) is 7.70. The second kappa shape index (κ2) is 4.53. The van der Waals surface area contributed by atoms with Crippen molar-refractivity contribution in [3.63, 3.8) is 0 Å². The van der Waals surface area contributed by atoms with Crippen molar-refractivity contribution in [3.8, 4) is 11.4 Å². The van der Waals surface area contributed by atoms with Gasteiger partial charge >= 0.3 is 0 Å². The maximum Gasteiger partial charge on any atom is 0.136 e. The van der Waals surface area contributed by atoms with Crippen LogP contribution in [0.2, 0.25) is 5.15 Å². The average Bonchev–Trinajstić information content (AvgIpc) is 2.29. The van der Waals surface area contributed by atoms with Gasteiger partial charge in [0.25, 0.3) is 0 Å². The summed E-state index contributed by atoms with van der Waals surface area (Å²) in [7, 11) is 0. The topological polar surface area (TPSA) is 51.6 Å². The van der Waals surface area contributed by atoms with E-state index in [0.717, 1.165) is 17.0 Å². The smallest absolute Gasteiger partial charge is 0.136 e. The minimum Gasteiger partial charge on any atom is -0.261 e. The van der Waals surface area contributed by atoms with E-state index in [0.29, 0.717) is 5.15 Å². The van der Waals surface area contributed by atoms with Crippen molar-refractivity contribution in [2.24, 2.45) is 0 Å². The summed E-state index contributed by atoms with van der Waals surface area (Å²) in [5.74, 6) is 0.241. The number of rotatable bonds is 2. The van der Waals surface area contributed by atoms with E-state index in [1.54, 1.807) is 18.6 Å². The first-order valence-electron chi connectivity index (χ1n) is 4.97. The van der Waals surface area contributed by atoms with Crippen LogP contribution in [0.15, 0.2) is 24.9 Å². The molecule has 0 aliphatic rings. The van der Waals surface area contributed by atoms with Crippen LogP contribution in [-0.4, -0.2) is 19.9 Å². The fraction of sp³-hybridized carbons (Fsp3) is 0.273. The molecule has 0 spiro atoms. The molecule has 82 valence electrons. The molecule has 0 aliphatic carbocycles. The van der Waals surface area contributed by atoms with Crippen molar-refractivity contribution in [2.45, 2.75) is 19.8 Å². The van der Waals surface area contributed by atoms with E-state index in [1.807, 2.05) is 13.8 Å². The molecule has 0 unspecified atom stereocenters. The highest BCUT2D eigenvalue weighted by Crippen LogP contribution is 2.29. The molecule has 2 heterocycles. The molecule has 0 amide bonds. The van der Waals surface area contributed by atoms with Crippen LogP contribution in [-0.2, 0) is 0 Å². The van der Waals surface area contributed by atoms with Gasteiger partial charge in [-0.1, -0.05) is 25.4 Å². The van der Waals surface area contributed by atoms with Crippen LogP contribution >= 0.6 is 11.6 Å². The fourth-order valence-corrected chi connectivity index (χ4v) is 1.86. The van der Waals surface area contributed by atoms with Crippen LogP contribution in [0.5, 0.6) is 0 Å². The summed E-state index contributed by atoms with van der Waals surface area (Å²) in [6.45, 7) is 4.09. The minimum absolute atomic E-state index is 0.241. The standard InChI is InChI=1S/C11H11ClN4/c1-7(2)9-10(15-6-16-11(9)12)8-5-13-3-4-14-8/h3-7H,1-2H3. The lowest BCUT2D eigenvalue weighted by Crippen LogP contribution is -2.00. The number of hydrogen-bond donors (Lipinski definition) is 0. The van der Waals surface area contributed by atoms with E-state index < -0.39 is 0 Å². The molecule has 0 aromatic carbocycles. The third kappa shape index (κ3) is 2.02. The molecule has 0 radical (unpaired) electrons. The molecule has 0 atom stereocenters. The summed E-state index contributed by atoms with van der Waals surface area (Å²) in [6.07, 6.45) is 6.37. The first-order valence-corrected chi connectivity index (χ1v) is 5.34. The Hall–Kier alpha value is -1.55. The second-order valence-electron chi connectivity index (χ2n) is 3.67. The number of hydrogen-bond acceptors (Lipinski definition) is 4. The third-order valence-corrected chi connectivity index (χ3v) is 2.52. The molecular formula is C11H11ClN4. The Morgan fingerprint density at radius 2 is 1.94 bits per heavy atom. The summed E-state index contributed by atoms with van der Waals surface area (Å²) in [5, 5.41) is 0.477. The molecule has 2 rings (SSSR count). The van der Waals surface area contributed by atoms with Crippen molar-refractivity contribution < 1.29 is 0 Å². The molecule has 0 aliphatic heterocycles. The number of aromatic nitrogens is 4. The lowest BCUT2D eigenvalue weighted by Gasteiger charge is -2.11. The average molecular weight is 235 g/mol. The number of nitrogens with zero attached hydrogens (tertiary/aromatic N) is 4. The lowest BCUT2D eigenvalue weighted by atomic mass is 10.0. The highest BCUT2D eigenvalue weighted by Gasteiger charge is 2.15. The summed E-state index contributed by atoms with van der Waals surface area (Å²) < 4.78 is 0. The monoisotopic (exact) mass is 234 g/mol. The predicted octanol–water partition coefficient (Wildman–Crippen LogP) is 2.71. The summed E-state index contributed by atoms with van der Waals surface area (Å²) >= 11 is 6.07. The Kier molecular flexibility index (Phi) is 3.10. The van der Waals surface area contributed by atoms with Gasteiger partial charge in [0.1, 0.15) is 17.2 Å². The van der Waals surface area contributed by atoms with E-state index in [2.05, 4.69) is 19.9 Å². The molecule has 5 heteroatoms. The molecule has 2 aromatic heterocycles. The van der Waals surface area contributed by atoms with Gasteiger partial charge in [-0.3, -0.25) is 9.97 Å². The Morgan fingerprint density at radius 3 is 2.56 bits per heavy atom. The zero-order chi connectivity index (χ0) is 11.5. The molecule has 0 bridgehead atoms. The molecule has 16 heavy (non-hydrogen) atoms. The SMILES string of the molecule is CC(C)c1c(Cl)ncnc1-c1cnccn1. The molecule has 4 nitrogen and oxygen atoms in total. The summed E-state index contributed by atoms with van der Waals surface area (Å²) in [6, 6.07) is 0. The Bertz CT molecular complexity index is 485. The largest absolute Gasteiger partial charge is 0.261 e. The van der Waals surface area contributed by atoms with Gasteiger partial charge < -0.3 is 0 Å². The van der Waals surface area contributed by atoms with Crippen LogP contribution in [0.1, 0.15) is 25.3 Å². The normalized spacial score (nSPS) is 10.8. The molecule has 0 fully saturated rings. The van der Waals surface area contributed by atoms with Crippen LogP contribution < -0.4 is 0 Å². The fourth-order valence-electron chi connectivity index (χ4n) is 1.51. The van der Waals surface area contributed by atoms with E-state index >= 15 is 0 Å². The van der Waals surface area contributed by atoms with Crippen LogP contribution in [0.25, 0.3) is 11.4 Å². The Balaban J connectivity index is 2.61. The van der Waals surface area contributed by atoms with Gasteiger partial charge in [-0.25, -0.2) is 9.97 Å². The van der Waals surface area contributed by atoms with E-state index in [1.165, 1.54) is 6.33 Å². The van der Waals surface area contributed by atoms with Crippen molar-refractivity contribution in [1.29, 1.82) is 0 Å². The van der Waals surface area contributed by atoms with Crippen molar-refractivity contribution >= 4 is 11.6 Å². The quantitative estimate of drug-likeness (QED) is 0.750. The van der Waals surface area contributed by atoms with Gasteiger partial charge in [0.15, 0.2) is 0 Å². The summed E-state index contributed by atoms with van der Waals surface area (Å²) in [5.41, 5.74) is 2.38.